The monoisotopic (exact) mass is 248 g/mol. The first-order valence-corrected chi connectivity index (χ1v) is 7.43. The third-order valence-corrected chi connectivity index (χ3v) is 4.53. The van der Waals surface area contributed by atoms with Crippen LogP contribution in [0.4, 0.5) is 0 Å². The van der Waals surface area contributed by atoms with E-state index in [1.165, 1.54) is 43.6 Å². The average Bonchev–Trinajstić information content (AvgIpc) is 2.90. The summed E-state index contributed by atoms with van der Waals surface area (Å²) in [5.74, 6) is 1.23. The van der Waals surface area contributed by atoms with Crippen molar-refractivity contribution in [1.82, 2.24) is 10.2 Å². The number of hydrogen-bond acceptors (Lipinski definition) is 3. The smallest absolute Gasteiger partial charge is 0.108 e. The molecule has 3 nitrogen and oxygen atoms in total. The average molecular weight is 248 g/mol. The molecule has 2 aliphatic rings. The van der Waals surface area contributed by atoms with E-state index < -0.39 is 0 Å². The van der Waals surface area contributed by atoms with Crippen molar-refractivity contribution in [3.8, 4) is 0 Å². The molecule has 0 bridgehead atoms. The maximum absolute atomic E-state index is 5.63. The summed E-state index contributed by atoms with van der Waals surface area (Å²) in [7, 11) is 0. The molecular formula is C15H24N2O. The van der Waals surface area contributed by atoms with E-state index in [9.17, 15) is 0 Å². The van der Waals surface area contributed by atoms with Gasteiger partial charge >= 0.3 is 0 Å². The Labute approximate surface area is 110 Å². The molecule has 0 radical (unpaired) electrons. The highest BCUT2D eigenvalue weighted by atomic mass is 16.3. The molecule has 1 fully saturated rings. The lowest BCUT2D eigenvalue weighted by Crippen LogP contribution is -2.47. The predicted octanol–water partition coefficient (Wildman–Crippen LogP) is 2.73. The lowest BCUT2D eigenvalue weighted by Gasteiger charge is -2.40. The van der Waals surface area contributed by atoms with Crippen molar-refractivity contribution in [2.45, 2.75) is 51.1 Å². The number of aryl methyl sites for hydroxylation is 1. The second kappa shape index (κ2) is 5.45. The van der Waals surface area contributed by atoms with Gasteiger partial charge in [0.25, 0.3) is 0 Å². The van der Waals surface area contributed by atoms with E-state index in [0.717, 1.165) is 19.5 Å². The molecule has 0 saturated carbocycles. The van der Waals surface area contributed by atoms with Crippen molar-refractivity contribution in [1.29, 1.82) is 0 Å². The Kier molecular flexibility index (Phi) is 3.71. The molecule has 1 aliphatic heterocycles. The van der Waals surface area contributed by atoms with E-state index in [1.54, 1.807) is 0 Å². The molecule has 3 heteroatoms. The normalized spacial score (nSPS) is 28.3. The molecule has 1 aromatic heterocycles. The van der Waals surface area contributed by atoms with E-state index >= 15 is 0 Å². The Morgan fingerprint density at radius 1 is 1.39 bits per heavy atom. The number of nitrogens with one attached hydrogen (secondary N) is 1. The summed E-state index contributed by atoms with van der Waals surface area (Å²) in [6, 6.07) is 3.48. The molecule has 2 unspecified atom stereocenters. The minimum absolute atomic E-state index is 0.586. The van der Waals surface area contributed by atoms with Crippen LogP contribution in [-0.4, -0.2) is 30.6 Å². The molecule has 100 valence electrons. The summed E-state index contributed by atoms with van der Waals surface area (Å²) in [5, 5.41) is 3.54. The Hall–Kier alpha value is -0.800. The third kappa shape index (κ3) is 2.21. The summed E-state index contributed by atoms with van der Waals surface area (Å²) in [4.78, 5) is 2.69. The number of piperidine rings is 1. The Morgan fingerprint density at radius 2 is 2.33 bits per heavy atom. The molecular weight excluding hydrogens is 224 g/mol. The minimum Gasteiger partial charge on any atom is -0.469 e. The quantitative estimate of drug-likeness (QED) is 0.891. The van der Waals surface area contributed by atoms with Crippen molar-refractivity contribution in [2.75, 3.05) is 19.6 Å². The standard InChI is InChI=1S/C15H24N2O/c1-2-17(12-5-4-9-16-11-12)14-6-3-7-15-13(14)8-10-18-15/h8,10,12,14,16H,2-7,9,11H2,1H3. The summed E-state index contributed by atoms with van der Waals surface area (Å²) < 4.78 is 5.63. The number of likely N-dealkylation sites (N-methyl/N-ethyl adjacent to an activating group) is 1. The fraction of sp³-hybridized carbons (Fsp3) is 0.733. The van der Waals surface area contributed by atoms with Gasteiger partial charge in [-0.25, -0.2) is 0 Å². The zero-order valence-corrected chi connectivity index (χ0v) is 11.3. The summed E-state index contributed by atoms with van der Waals surface area (Å²) in [6.45, 7) is 5.78. The van der Waals surface area contributed by atoms with Crippen LogP contribution >= 0.6 is 0 Å². The molecule has 18 heavy (non-hydrogen) atoms. The SMILES string of the molecule is CCN(C1CCCNC1)C1CCCc2occc21. The molecule has 0 amide bonds. The van der Waals surface area contributed by atoms with E-state index in [1.807, 2.05) is 6.26 Å². The molecule has 0 aromatic carbocycles. The van der Waals surface area contributed by atoms with E-state index in [4.69, 9.17) is 4.42 Å². The van der Waals surface area contributed by atoms with Crippen LogP contribution in [0.15, 0.2) is 16.7 Å². The van der Waals surface area contributed by atoms with E-state index in [-0.39, 0.29) is 0 Å². The van der Waals surface area contributed by atoms with Gasteiger partial charge in [0.2, 0.25) is 0 Å². The Bertz CT molecular complexity index is 382. The summed E-state index contributed by atoms with van der Waals surface area (Å²) >= 11 is 0. The largest absolute Gasteiger partial charge is 0.469 e. The Morgan fingerprint density at radius 3 is 3.11 bits per heavy atom. The molecule has 2 atom stereocenters. The van der Waals surface area contributed by atoms with E-state index in [0.29, 0.717) is 12.1 Å². The zero-order valence-electron chi connectivity index (χ0n) is 11.3. The number of fused-ring (bicyclic) bond motifs is 1. The first-order chi connectivity index (χ1) is 8.90. The van der Waals surface area contributed by atoms with Gasteiger partial charge in [-0.2, -0.15) is 0 Å². The topological polar surface area (TPSA) is 28.4 Å². The molecule has 0 spiro atoms. The highest BCUT2D eigenvalue weighted by Gasteiger charge is 2.31. The van der Waals surface area contributed by atoms with Crippen molar-refractivity contribution >= 4 is 0 Å². The van der Waals surface area contributed by atoms with Crippen LogP contribution in [0.5, 0.6) is 0 Å². The van der Waals surface area contributed by atoms with Crippen LogP contribution in [0.3, 0.4) is 0 Å². The summed E-state index contributed by atoms with van der Waals surface area (Å²) in [5.41, 5.74) is 1.45. The van der Waals surface area contributed by atoms with Gasteiger partial charge < -0.3 is 9.73 Å². The molecule has 1 saturated heterocycles. The molecule has 2 heterocycles. The van der Waals surface area contributed by atoms with Crippen LogP contribution in [0, 0.1) is 0 Å². The molecule has 1 aromatic rings. The number of nitrogens with zero attached hydrogens (tertiary/aromatic N) is 1. The van der Waals surface area contributed by atoms with E-state index in [2.05, 4.69) is 23.2 Å². The van der Waals surface area contributed by atoms with Gasteiger partial charge in [0, 0.05) is 30.6 Å². The lowest BCUT2D eigenvalue weighted by atomic mass is 9.90. The predicted molar refractivity (Wildman–Crippen MR) is 72.7 cm³/mol. The maximum Gasteiger partial charge on any atom is 0.108 e. The van der Waals surface area contributed by atoms with Gasteiger partial charge in [-0.05, 0) is 44.8 Å². The molecule has 3 rings (SSSR count). The second-order valence-corrected chi connectivity index (χ2v) is 5.54. The summed E-state index contributed by atoms with van der Waals surface area (Å²) in [6.07, 6.45) is 8.20. The first-order valence-electron chi connectivity index (χ1n) is 7.43. The van der Waals surface area contributed by atoms with Crippen LogP contribution in [0.2, 0.25) is 0 Å². The van der Waals surface area contributed by atoms with Crippen LogP contribution < -0.4 is 5.32 Å². The molecule has 1 aliphatic carbocycles. The van der Waals surface area contributed by atoms with Gasteiger partial charge in [0.05, 0.1) is 6.26 Å². The Balaban J connectivity index is 1.80. The van der Waals surface area contributed by atoms with Crippen LogP contribution in [0.25, 0.3) is 0 Å². The van der Waals surface area contributed by atoms with Gasteiger partial charge in [-0.15, -0.1) is 0 Å². The van der Waals surface area contributed by atoms with Gasteiger partial charge in [0.1, 0.15) is 5.76 Å². The highest BCUT2D eigenvalue weighted by Crippen LogP contribution is 2.36. The number of hydrogen-bond donors (Lipinski definition) is 1. The fourth-order valence-electron chi connectivity index (χ4n) is 3.66. The van der Waals surface area contributed by atoms with Crippen molar-refractivity contribution in [2.24, 2.45) is 0 Å². The first kappa shape index (κ1) is 12.2. The third-order valence-electron chi connectivity index (χ3n) is 4.53. The highest BCUT2D eigenvalue weighted by molar-refractivity contribution is 5.24. The maximum atomic E-state index is 5.63. The van der Waals surface area contributed by atoms with Gasteiger partial charge in [-0.3, -0.25) is 4.90 Å². The van der Waals surface area contributed by atoms with Crippen molar-refractivity contribution in [3.05, 3.63) is 23.7 Å². The van der Waals surface area contributed by atoms with Crippen LogP contribution in [-0.2, 0) is 6.42 Å². The lowest BCUT2D eigenvalue weighted by molar-refractivity contribution is 0.105. The van der Waals surface area contributed by atoms with Crippen molar-refractivity contribution < 1.29 is 4.42 Å². The fourth-order valence-corrected chi connectivity index (χ4v) is 3.66. The van der Waals surface area contributed by atoms with Gasteiger partial charge in [-0.1, -0.05) is 6.92 Å². The van der Waals surface area contributed by atoms with Gasteiger partial charge in [0.15, 0.2) is 0 Å². The zero-order chi connectivity index (χ0) is 12.4. The molecule has 1 N–H and O–H groups in total. The van der Waals surface area contributed by atoms with Crippen LogP contribution in [0.1, 0.15) is 50.0 Å². The minimum atomic E-state index is 0.586. The number of furan rings is 1. The second-order valence-electron chi connectivity index (χ2n) is 5.54. The van der Waals surface area contributed by atoms with Crippen molar-refractivity contribution in [3.63, 3.8) is 0 Å². The number of rotatable bonds is 3.